The number of carbonyl (C=O) groups excluding carboxylic acids is 4. The number of primary amides is 1. The Labute approximate surface area is 228 Å². The summed E-state index contributed by atoms with van der Waals surface area (Å²) < 4.78 is 5.49. The van der Waals surface area contributed by atoms with Crippen molar-refractivity contribution in [2.75, 3.05) is 21.2 Å². The maximum absolute atomic E-state index is 14.0. The number of nitrogens with zero attached hydrogens (tertiary/aromatic N) is 1. The monoisotopic (exact) mass is 548 g/mol. The average Bonchev–Trinajstić information content (AvgIpc) is 2.90. The number of phenols is 1. The molecule has 3 aliphatic carbocycles. The quantitative estimate of drug-likeness (QED) is 0.270. The smallest absolute Gasteiger partial charge is 0.255 e. The number of ketones is 2. The van der Waals surface area contributed by atoms with Crippen LogP contribution in [0.5, 0.6) is 11.5 Å². The minimum absolute atomic E-state index is 0.0353. The van der Waals surface area contributed by atoms with E-state index in [4.69, 9.17) is 10.5 Å². The van der Waals surface area contributed by atoms with Gasteiger partial charge in [-0.3, -0.25) is 24.1 Å². The molecule has 0 aliphatic heterocycles. The van der Waals surface area contributed by atoms with E-state index < -0.39 is 58.0 Å². The molecule has 2 aromatic rings. The molecular weight excluding hydrogens is 520 g/mol. The summed E-state index contributed by atoms with van der Waals surface area (Å²) in [6, 6.07) is 6.57. The summed E-state index contributed by atoms with van der Waals surface area (Å²) in [4.78, 5) is 52.3. The molecule has 5 rings (SSSR count). The van der Waals surface area contributed by atoms with Crippen molar-refractivity contribution < 1.29 is 44.3 Å². The molecule has 0 aromatic heterocycles. The van der Waals surface area contributed by atoms with Crippen LogP contribution in [0.4, 0.5) is 0 Å². The molecule has 2 aromatic carbocycles. The number of phenolic OH excluding ortho intramolecular Hbond substituents is 1. The van der Waals surface area contributed by atoms with Gasteiger partial charge in [0.05, 0.1) is 18.7 Å². The van der Waals surface area contributed by atoms with Crippen molar-refractivity contribution in [2.24, 2.45) is 17.6 Å². The third-order valence-electron chi connectivity index (χ3n) is 8.25. The van der Waals surface area contributed by atoms with Crippen molar-refractivity contribution in [2.45, 2.75) is 24.5 Å². The van der Waals surface area contributed by atoms with E-state index in [1.807, 2.05) is 0 Å². The highest BCUT2D eigenvalue weighted by atomic mass is 16.5. The van der Waals surface area contributed by atoms with Crippen LogP contribution in [0.3, 0.4) is 0 Å². The second kappa shape index (κ2) is 9.32. The lowest BCUT2D eigenvalue weighted by molar-refractivity contribution is -0.153. The van der Waals surface area contributed by atoms with Crippen molar-refractivity contribution in [3.05, 3.63) is 63.9 Å². The molecule has 1 fully saturated rings. The van der Waals surface area contributed by atoms with Crippen LogP contribution in [0.25, 0.3) is 16.9 Å². The van der Waals surface area contributed by atoms with Gasteiger partial charge in [0.1, 0.15) is 34.9 Å². The van der Waals surface area contributed by atoms with Crippen molar-refractivity contribution in [3.63, 3.8) is 0 Å². The largest absolute Gasteiger partial charge is 0.508 e. The normalized spacial score (nSPS) is 25.9. The molecule has 4 atom stereocenters. The fraction of sp³-hybridized carbons (Fsp3) is 0.310. The van der Waals surface area contributed by atoms with E-state index >= 15 is 0 Å². The summed E-state index contributed by atoms with van der Waals surface area (Å²) in [7, 11) is 4.54. The lowest BCUT2D eigenvalue weighted by Crippen LogP contribution is -2.65. The van der Waals surface area contributed by atoms with Gasteiger partial charge in [-0.1, -0.05) is 6.07 Å². The Bertz CT molecular complexity index is 1570. The van der Waals surface area contributed by atoms with E-state index in [9.17, 15) is 39.6 Å². The minimum atomic E-state index is -2.71. The van der Waals surface area contributed by atoms with E-state index in [0.717, 1.165) is 0 Å². The lowest BCUT2D eigenvalue weighted by Gasteiger charge is -2.50. The average molecular weight is 549 g/mol. The van der Waals surface area contributed by atoms with E-state index in [-0.39, 0.29) is 29.7 Å². The highest BCUT2D eigenvalue weighted by Crippen LogP contribution is 2.54. The number of aromatic hydroxyl groups is 1. The van der Waals surface area contributed by atoms with Crippen molar-refractivity contribution in [1.29, 1.82) is 0 Å². The van der Waals surface area contributed by atoms with Gasteiger partial charge in [-0.05, 0) is 68.2 Å². The molecule has 0 bridgehead atoms. The number of rotatable bonds is 5. The number of hydrogen-bond donors (Lipinski definition) is 5. The molecule has 4 unspecified atom stereocenters. The molecule has 1 saturated carbocycles. The van der Waals surface area contributed by atoms with E-state index in [1.165, 1.54) is 32.2 Å². The summed E-state index contributed by atoms with van der Waals surface area (Å²) in [5.41, 5.74) is 3.37. The van der Waals surface area contributed by atoms with E-state index in [0.29, 0.717) is 34.3 Å². The summed E-state index contributed by atoms with van der Waals surface area (Å²) in [5.74, 6) is -6.75. The first kappa shape index (κ1) is 27.1. The first-order chi connectivity index (χ1) is 18.9. The summed E-state index contributed by atoms with van der Waals surface area (Å²) in [6.45, 7) is 0. The molecular formula is C29H28N2O9. The number of Topliss-reactive ketones (excluding diaryl/α,β-unsaturated/α-hetero) is 2. The van der Waals surface area contributed by atoms with Crippen LogP contribution in [0, 0.1) is 11.8 Å². The first-order valence-electron chi connectivity index (χ1n) is 12.5. The molecule has 1 amide bonds. The Morgan fingerprint density at radius 1 is 1.12 bits per heavy atom. The number of likely N-dealkylation sites (N-methyl/N-ethyl adjacent to an activating group) is 1. The highest BCUT2D eigenvalue weighted by molar-refractivity contribution is 6.24. The number of amides is 1. The number of benzene rings is 2. The lowest BCUT2D eigenvalue weighted by atomic mass is 9.57. The van der Waals surface area contributed by atoms with Gasteiger partial charge in [0, 0.05) is 22.6 Å². The highest BCUT2D eigenvalue weighted by Gasteiger charge is 2.64. The number of nitrogens with two attached hydrogens (primary N) is 1. The fourth-order valence-corrected chi connectivity index (χ4v) is 6.51. The summed E-state index contributed by atoms with van der Waals surface area (Å²) in [5, 5.41) is 44.9. The van der Waals surface area contributed by atoms with Crippen LogP contribution in [0.1, 0.15) is 27.9 Å². The summed E-state index contributed by atoms with van der Waals surface area (Å²) >= 11 is 0. The maximum Gasteiger partial charge on any atom is 0.255 e. The topological polar surface area (TPSA) is 188 Å². The Balaban J connectivity index is 1.76. The Morgan fingerprint density at radius 3 is 2.42 bits per heavy atom. The Kier molecular flexibility index (Phi) is 6.31. The SMILES string of the molecule is COc1ccc(C=O)cc1-c1ccc(O)c2c1CC1CC3C(N(C)C)C(=O)C(C(N)=O)=C(O)C3(O)C(=O)C1=C2O. The first-order valence-corrected chi connectivity index (χ1v) is 12.5. The van der Waals surface area contributed by atoms with Crippen molar-refractivity contribution in [1.82, 2.24) is 4.90 Å². The second-order valence-corrected chi connectivity index (χ2v) is 10.5. The minimum Gasteiger partial charge on any atom is -0.508 e. The summed E-state index contributed by atoms with van der Waals surface area (Å²) in [6.07, 6.45) is 0.743. The molecule has 208 valence electrons. The fourth-order valence-electron chi connectivity index (χ4n) is 6.51. The van der Waals surface area contributed by atoms with Crippen molar-refractivity contribution >= 4 is 29.5 Å². The molecule has 0 radical (unpaired) electrons. The number of aliphatic hydroxyl groups excluding tert-OH is 2. The number of aldehydes is 1. The molecule has 40 heavy (non-hydrogen) atoms. The molecule has 3 aliphatic rings. The number of methoxy groups -OCH3 is 1. The van der Waals surface area contributed by atoms with Crippen LogP contribution in [0.15, 0.2) is 47.2 Å². The van der Waals surface area contributed by atoms with Crippen LogP contribution in [-0.2, 0) is 20.8 Å². The molecule has 0 heterocycles. The molecule has 0 spiro atoms. The number of fused-ring (bicyclic) bond motifs is 3. The zero-order chi connectivity index (χ0) is 29.3. The van der Waals surface area contributed by atoms with Gasteiger partial charge in [0.15, 0.2) is 11.4 Å². The zero-order valence-corrected chi connectivity index (χ0v) is 22.0. The zero-order valence-electron chi connectivity index (χ0n) is 22.0. The van der Waals surface area contributed by atoms with Gasteiger partial charge in [-0.2, -0.15) is 0 Å². The Morgan fingerprint density at radius 2 is 1.82 bits per heavy atom. The van der Waals surface area contributed by atoms with Gasteiger partial charge in [-0.15, -0.1) is 0 Å². The number of carbonyl (C=O) groups is 4. The van der Waals surface area contributed by atoms with Crippen LogP contribution in [-0.4, -0.2) is 81.9 Å². The second-order valence-electron chi connectivity index (χ2n) is 10.5. The van der Waals surface area contributed by atoms with Gasteiger partial charge in [0.25, 0.3) is 5.91 Å². The van der Waals surface area contributed by atoms with Gasteiger partial charge < -0.3 is 30.9 Å². The van der Waals surface area contributed by atoms with Crippen molar-refractivity contribution in [3.8, 4) is 22.6 Å². The number of hydrogen-bond acceptors (Lipinski definition) is 10. The third kappa shape index (κ3) is 3.58. The van der Waals surface area contributed by atoms with Gasteiger partial charge >= 0.3 is 0 Å². The third-order valence-corrected chi connectivity index (χ3v) is 8.25. The molecule has 6 N–H and O–H groups in total. The standard InChI is InChI=1S/C29H28N2O9/c1-31(2)23-17-10-13-9-16-14(15-8-12(11-32)4-7-19(15)40-3)5-6-18(33)21(16)24(34)20(13)26(36)29(17,39)27(37)22(25(23)35)28(30)38/h4-8,11,13,17,23,33-34,37,39H,9-10H2,1-3H3,(H2,30,38). The van der Waals surface area contributed by atoms with Gasteiger partial charge in [0.2, 0.25) is 5.78 Å². The van der Waals surface area contributed by atoms with Gasteiger partial charge in [-0.25, -0.2) is 0 Å². The number of ether oxygens (including phenoxy) is 1. The molecule has 0 saturated heterocycles. The van der Waals surface area contributed by atoms with E-state index in [1.54, 1.807) is 24.3 Å². The number of aliphatic hydroxyl groups is 3. The predicted molar refractivity (Wildman–Crippen MR) is 142 cm³/mol. The van der Waals surface area contributed by atoms with Crippen LogP contribution in [0.2, 0.25) is 0 Å². The molecule has 11 heteroatoms. The van der Waals surface area contributed by atoms with E-state index in [2.05, 4.69) is 0 Å². The van der Waals surface area contributed by atoms with Crippen LogP contribution < -0.4 is 10.5 Å². The van der Waals surface area contributed by atoms with Crippen LogP contribution >= 0.6 is 0 Å². The molecule has 11 nitrogen and oxygen atoms in total. The maximum atomic E-state index is 14.0. The Hall–Kier alpha value is -4.48. The predicted octanol–water partition coefficient (Wildman–Crippen LogP) is 1.45.